The fourth-order valence-corrected chi connectivity index (χ4v) is 5.93. The molecule has 0 heterocycles. The van der Waals surface area contributed by atoms with E-state index in [2.05, 4.69) is 21.2 Å². The monoisotopic (exact) mass is 613 g/mol. The lowest BCUT2D eigenvalue weighted by Crippen LogP contribution is -2.51. The summed E-state index contributed by atoms with van der Waals surface area (Å²) in [4.78, 5) is 28.6. The number of rotatable bonds is 13. The van der Waals surface area contributed by atoms with Gasteiger partial charge in [-0.3, -0.25) is 13.9 Å². The van der Waals surface area contributed by atoms with Gasteiger partial charge in [-0.15, -0.1) is 0 Å². The zero-order chi connectivity index (χ0) is 28.4. The van der Waals surface area contributed by atoms with Crippen molar-refractivity contribution in [1.82, 2.24) is 10.2 Å². The summed E-state index contributed by atoms with van der Waals surface area (Å²) in [5.74, 6) is -0.748. The molecule has 2 amide bonds. The Kier molecular flexibility index (Phi) is 11.1. The highest BCUT2D eigenvalue weighted by Crippen LogP contribution is 2.28. The van der Waals surface area contributed by atoms with E-state index in [9.17, 15) is 18.0 Å². The first-order valence-electron chi connectivity index (χ1n) is 13.2. The molecule has 0 fully saturated rings. The zero-order valence-corrected chi connectivity index (χ0v) is 25.0. The van der Waals surface area contributed by atoms with Crippen molar-refractivity contribution in [3.05, 3.63) is 94.5 Å². The first-order chi connectivity index (χ1) is 18.7. The average molecular weight is 615 g/mol. The van der Waals surface area contributed by atoms with Gasteiger partial charge in [0.25, 0.3) is 10.0 Å². The Morgan fingerprint density at radius 2 is 1.56 bits per heavy atom. The Hall–Kier alpha value is -3.17. The summed E-state index contributed by atoms with van der Waals surface area (Å²) in [6.07, 6.45) is 2.35. The quantitative estimate of drug-likeness (QED) is 0.256. The fraction of sp³-hybridized carbons (Fsp3) is 0.333. The van der Waals surface area contributed by atoms with Crippen molar-refractivity contribution in [3.8, 4) is 0 Å². The molecule has 3 rings (SSSR count). The van der Waals surface area contributed by atoms with E-state index in [4.69, 9.17) is 0 Å². The molecule has 208 valence electrons. The number of benzene rings is 3. The summed E-state index contributed by atoms with van der Waals surface area (Å²) in [7, 11) is -4.08. The molecule has 0 aliphatic rings. The van der Waals surface area contributed by atoms with Gasteiger partial charge >= 0.3 is 0 Å². The third kappa shape index (κ3) is 7.92. The lowest BCUT2D eigenvalue weighted by atomic mass is 10.1. The number of unbranched alkanes of at least 4 members (excludes halogenated alkanes) is 1. The van der Waals surface area contributed by atoms with Crippen molar-refractivity contribution in [2.45, 2.75) is 57.5 Å². The van der Waals surface area contributed by atoms with Crippen LogP contribution in [0.1, 0.15) is 44.7 Å². The molecule has 0 saturated heterocycles. The molecule has 1 unspecified atom stereocenters. The number of carbonyl (C=O) groups is 2. The molecule has 39 heavy (non-hydrogen) atoms. The van der Waals surface area contributed by atoms with Gasteiger partial charge in [0, 0.05) is 17.6 Å². The summed E-state index contributed by atoms with van der Waals surface area (Å²) in [5.41, 5.74) is 2.07. The Bertz CT molecular complexity index is 1350. The standard InChI is InChI=1S/C30H36BrN3O4S/c1-4-6-20-32-30(36)23(3)33(21-24-16-18-26(31)19-17-24)29(35)22-34(28-15-11-10-12-25(28)5-2)39(37,38)27-13-8-7-9-14-27/h7-19,23H,4-6,20-22H2,1-3H3,(H,32,36). The second-order valence-electron chi connectivity index (χ2n) is 9.28. The minimum atomic E-state index is -4.08. The maximum absolute atomic E-state index is 14.0. The largest absolute Gasteiger partial charge is 0.354 e. The molecular formula is C30H36BrN3O4S. The maximum atomic E-state index is 14.0. The molecule has 1 atom stereocenters. The third-order valence-electron chi connectivity index (χ3n) is 6.51. The van der Waals surface area contributed by atoms with Crippen molar-refractivity contribution in [3.63, 3.8) is 0 Å². The van der Waals surface area contributed by atoms with Crippen LogP contribution < -0.4 is 9.62 Å². The first kappa shape index (κ1) is 30.4. The topological polar surface area (TPSA) is 86.8 Å². The molecule has 9 heteroatoms. The number of nitrogens with one attached hydrogen (secondary N) is 1. The van der Waals surface area contributed by atoms with Gasteiger partial charge in [-0.1, -0.05) is 84.7 Å². The van der Waals surface area contributed by atoms with Crippen LogP contribution in [0.3, 0.4) is 0 Å². The van der Waals surface area contributed by atoms with Crippen LogP contribution in [0.2, 0.25) is 0 Å². The Morgan fingerprint density at radius 1 is 0.923 bits per heavy atom. The third-order valence-corrected chi connectivity index (χ3v) is 8.82. The second kappa shape index (κ2) is 14.3. The summed E-state index contributed by atoms with van der Waals surface area (Å²) in [5, 5.41) is 2.90. The fourth-order valence-electron chi connectivity index (χ4n) is 4.19. The number of hydrogen-bond acceptors (Lipinski definition) is 4. The van der Waals surface area contributed by atoms with Crippen LogP contribution in [-0.2, 0) is 32.6 Å². The molecule has 0 aromatic heterocycles. The van der Waals surface area contributed by atoms with Gasteiger partial charge in [-0.2, -0.15) is 0 Å². The first-order valence-corrected chi connectivity index (χ1v) is 15.4. The minimum absolute atomic E-state index is 0.0912. The second-order valence-corrected chi connectivity index (χ2v) is 12.1. The number of sulfonamides is 1. The van der Waals surface area contributed by atoms with Crippen molar-refractivity contribution >= 4 is 43.5 Å². The van der Waals surface area contributed by atoms with Crippen molar-refractivity contribution in [2.75, 3.05) is 17.4 Å². The van der Waals surface area contributed by atoms with Gasteiger partial charge in [0.15, 0.2) is 0 Å². The van der Waals surface area contributed by atoms with E-state index < -0.39 is 28.5 Å². The van der Waals surface area contributed by atoms with Crippen molar-refractivity contribution in [2.24, 2.45) is 0 Å². The van der Waals surface area contributed by atoms with Gasteiger partial charge in [-0.25, -0.2) is 8.42 Å². The molecule has 0 radical (unpaired) electrons. The van der Waals surface area contributed by atoms with Crippen LogP contribution in [0.5, 0.6) is 0 Å². The molecule has 3 aromatic rings. The highest BCUT2D eigenvalue weighted by atomic mass is 79.9. The Balaban J connectivity index is 2.02. The number of hydrogen-bond donors (Lipinski definition) is 1. The molecule has 7 nitrogen and oxygen atoms in total. The number of halogens is 1. The smallest absolute Gasteiger partial charge is 0.264 e. The van der Waals surface area contributed by atoms with Gasteiger partial charge in [0.1, 0.15) is 12.6 Å². The molecule has 0 bridgehead atoms. The highest BCUT2D eigenvalue weighted by Gasteiger charge is 2.33. The number of nitrogens with zero attached hydrogens (tertiary/aromatic N) is 2. The van der Waals surface area contributed by atoms with Crippen LogP contribution in [0.4, 0.5) is 5.69 Å². The molecule has 0 spiro atoms. The van der Waals surface area contributed by atoms with Crippen LogP contribution in [0.25, 0.3) is 0 Å². The molecule has 0 aliphatic carbocycles. The summed E-state index contributed by atoms with van der Waals surface area (Å²) >= 11 is 3.43. The lowest BCUT2D eigenvalue weighted by molar-refractivity contribution is -0.139. The van der Waals surface area contributed by atoms with Crippen molar-refractivity contribution < 1.29 is 18.0 Å². The summed E-state index contributed by atoms with van der Waals surface area (Å²) in [6, 6.07) is 21.9. The molecule has 3 aromatic carbocycles. The highest BCUT2D eigenvalue weighted by molar-refractivity contribution is 9.10. The molecular weight excluding hydrogens is 578 g/mol. The van der Waals surface area contributed by atoms with Crippen LogP contribution in [-0.4, -0.2) is 44.3 Å². The lowest BCUT2D eigenvalue weighted by Gasteiger charge is -2.32. The van der Waals surface area contributed by atoms with Crippen LogP contribution >= 0.6 is 15.9 Å². The van der Waals surface area contributed by atoms with E-state index in [-0.39, 0.29) is 17.3 Å². The van der Waals surface area contributed by atoms with E-state index in [1.54, 1.807) is 37.3 Å². The van der Waals surface area contributed by atoms with E-state index in [1.807, 2.05) is 50.2 Å². The zero-order valence-electron chi connectivity index (χ0n) is 22.6. The van der Waals surface area contributed by atoms with E-state index in [1.165, 1.54) is 21.3 Å². The Morgan fingerprint density at radius 3 is 2.21 bits per heavy atom. The summed E-state index contributed by atoms with van der Waals surface area (Å²) < 4.78 is 29.9. The van der Waals surface area contributed by atoms with E-state index >= 15 is 0 Å². The molecule has 1 N–H and O–H groups in total. The normalized spacial score (nSPS) is 12.0. The van der Waals surface area contributed by atoms with E-state index in [0.29, 0.717) is 18.7 Å². The van der Waals surface area contributed by atoms with Gasteiger partial charge in [0.05, 0.1) is 10.6 Å². The van der Waals surface area contributed by atoms with Gasteiger partial charge in [0.2, 0.25) is 11.8 Å². The average Bonchev–Trinajstić information content (AvgIpc) is 2.95. The van der Waals surface area contributed by atoms with Gasteiger partial charge < -0.3 is 10.2 Å². The van der Waals surface area contributed by atoms with Gasteiger partial charge in [-0.05, 0) is 61.2 Å². The minimum Gasteiger partial charge on any atom is -0.354 e. The SMILES string of the molecule is CCCCNC(=O)C(C)N(Cc1ccc(Br)cc1)C(=O)CN(c1ccccc1CC)S(=O)(=O)c1ccccc1. The van der Waals surface area contributed by atoms with E-state index in [0.717, 1.165) is 28.4 Å². The van der Waals surface area contributed by atoms with Crippen molar-refractivity contribution in [1.29, 1.82) is 0 Å². The predicted molar refractivity (Wildman–Crippen MR) is 159 cm³/mol. The van der Waals surface area contributed by atoms with Crippen LogP contribution in [0.15, 0.2) is 88.2 Å². The number of aryl methyl sites for hydroxylation is 1. The molecule has 0 saturated carbocycles. The number of carbonyl (C=O) groups excluding carboxylic acids is 2. The number of anilines is 1. The Labute approximate surface area is 240 Å². The summed E-state index contributed by atoms with van der Waals surface area (Å²) in [6.45, 7) is 5.87. The van der Waals surface area contributed by atoms with Crippen LogP contribution in [0, 0.1) is 0 Å². The number of amides is 2. The number of para-hydroxylation sites is 1. The predicted octanol–water partition coefficient (Wildman–Crippen LogP) is 5.54. The molecule has 0 aliphatic heterocycles. The maximum Gasteiger partial charge on any atom is 0.264 e.